The minimum atomic E-state index is -0.109. The second kappa shape index (κ2) is 7.59. The Bertz CT molecular complexity index is 1060. The van der Waals surface area contributed by atoms with Gasteiger partial charge in [0, 0.05) is 37.8 Å². The molecule has 0 radical (unpaired) electrons. The van der Waals surface area contributed by atoms with Crippen LogP contribution in [0.1, 0.15) is 32.6 Å². The number of rotatable bonds is 4. The Hall–Kier alpha value is -3.34. The number of ether oxygens (including phenoxy) is 1. The molecule has 0 bridgehead atoms. The van der Waals surface area contributed by atoms with Crippen LogP contribution < -0.4 is 15.0 Å². The first kappa shape index (κ1) is 17.7. The molecule has 2 aliphatic heterocycles. The molecule has 5 rings (SSSR count). The molecule has 3 aromatic rings. The van der Waals surface area contributed by atoms with Crippen molar-refractivity contribution in [1.29, 1.82) is 0 Å². The summed E-state index contributed by atoms with van der Waals surface area (Å²) in [7, 11) is 0. The summed E-state index contributed by atoms with van der Waals surface area (Å²) >= 11 is 0. The van der Waals surface area contributed by atoms with Crippen molar-refractivity contribution in [3.63, 3.8) is 0 Å². The largest absolute Gasteiger partial charge is 0.492 e. The maximum absolute atomic E-state index is 12.8. The standard InChI is InChI=1S/C24H23N3O2/c28-24(21-9-3-7-18-11-14-29-22(18)21)26-15-19-8-4-12-25-23(19)27-13-10-17-5-1-2-6-20(17)16-27/h1-9,12H,10-11,13-16H2,(H,26,28). The maximum Gasteiger partial charge on any atom is 0.255 e. The number of benzene rings is 2. The number of hydrogen-bond acceptors (Lipinski definition) is 4. The summed E-state index contributed by atoms with van der Waals surface area (Å²) in [6.45, 7) is 2.84. The number of carbonyl (C=O) groups is 1. The third-order valence-corrected chi connectivity index (χ3v) is 5.70. The molecule has 5 nitrogen and oxygen atoms in total. The molecule has 0 fully saturated rings. The highest BCUT2D eigenvalue weighted by Crippen LogP contribution is 2.30. The Morgan fingerprint density at radius 2 is 1.86 bits per heavy atom. The molecule has 1 aromatic heterocycles. The van der Waals surface area contributed by atoms with Crippen LogP contribution in [-0.2, 0) is 25.9 Å². The Labute approximate surface area is 170 Å². The lowest BCUT2D eigenvalue weighted by atomic mass is 9.99. The highest BCUT2D eigenvalue weighted by molar-refractivity contribution is 5.97. The van der Waals surface area contributed by atoms with Crippen molar-refractivity contribution >= 4 is 11.7 Å². The predicted octanol–water partition coefficient (Wildman–Crippen LogP) is 3.51. The van der Waals surface area contributed by atoms with Gasteiger partial charge < -0.3 is 15.0 Å². The number of anilines is 1. The quantitative estimate of drug-likeness (QED) is 0.747. The van der Waals surface area contributed by atoms with Gasteiger partial charge in [-0.05, 0) is 35.2 Å². The lowest BCUT2D eigenvalue weighted by Crippen LogP contribution is -2.32. The Morgan fingerprint density at radius 1 is 1.00 bits per heavy atom. The SMILES string of the molecule is O=C(NCc1cccnc1N1CCc2ccccc2C1)c1cccc2c1OCC2. The minimum Gasteiger partial charge on any atom is -0.492 e. The van der Waals surface area contributed by atoms with Crippen LogP contribution in [0.15, 0.2) is 60.8 Å². The number of nitrogens with zero attached hydrogens (tertiary/aromatic N) is 2. The molecule has 0 aliphatic carbocycles. The number of hydrogen-bond donors (Lipinski definition) is 1. The summed E-state index contributed by atoms with van der Waals surface area (Å²) < 4.78 is 5.67. The fourth-order valence-corrected chi connectivity index (χ4v) is 4.19. The monoisotopic (exact) mass is 385 g/mol. The van der Waals surface area contributed by atoms with Crippen molar-refractivity contribution in [3.8, 4) is 5.75 Å². The molecule has 1 N–H and O–H groups in total. The molecule has 0 unspecified atom stereocenters. The maximum atomic E-state index is 12.8. The van der Waals surface area contributed by atoms with E-state index in [1.54, 1.807) is 0 Å². The number of aromatic nitrogens is 1. The van der Waals surface area contributed by atoms with E-state index < -0.39 is 0 Å². The first-order valence-electron chi connectivity index (χ1n) is 10.1. The fraction of sp³-hybridized carbons (Fsp3) is 0.250. The molecule has 0 spiro atoms. The lowest BCUT2D eigenvalue weighted by molar-refractivity contribution is 0.0948. The zero-order chi connectivity index (χ0) is 19.6. The van der Waals surface area contributed by atoms with Gasteiger partial charge in [0.1, 0.15) is 11.6 Å². The topological polar surface area (TPSA) is 54.5 Å². The van der Waals surface area contributed by atoms with Gasteiger partial charge in [0.15, 0.2) is 0 Å². The molecule has 2 aromatic carbocycles. The van der Waals surface area contributed by atoms with Gasteiger partial charge in [-0.2, -0.15) is 0 Å². The van der Waals surface area contributed by atoms with Crippen LogP contribution in [0.5, 0.6) is 5.75 Å². The zero-order valence-corrected chi connectivity index (χ0v) is 16.2. The molecule has 0 saturated carbocycles. The smallest absolute Gasteiger partial charge is 0.255 e. The minimum absolute atomic E-state index is 0.109. The van der Waals surface area contributed by atoms with Crippen LogP contribution in [0, 0.1) is 0 Å². The van der Waals surface area contributed by atoms with Crippen molar-refractivity contribution in [2.24, 2.45) is 0 Å². The molecule has 29 heavy (non-hydrogen) atoms. The summed E-state index contributed by atoms with van der Waals surface area (Å²) in [6.07, 6.45) is 3.69. The molecule has 5 heteroatoms. The number of carbonyl (C=O) groups excluding carboxylic acids is 1. The predicted molar refractivity (Wildman–Crippen MR) is 112 cm³/mol. The Balaban J connectivity index is 1.33. The molecule has 2 aliphatic rings. The second-order valence-electron chi connectivity index (χ2n) is 7.50. The summed E-state index contributed by atoms with van der Waals surface area (Å²) in [5.41, 5.74) is 5.49. The van der Waals surface area contributed by atoms with Crippen molar-refractivity contribution < 1.29 is 9.53 Å². The van der Waals surface area contributed by atoms with E-state index >= 15 is 0 Å². The van der Waals surface area contributed by atoms with Gasteiger partial charge >= 0.3 is 0 Å². The van der Waals surface area contributed by atoms with E-state index in [-0.39, 0.29) is 5.91 Å². The van der Waals surface area contributed by atoms with E-state index in [1.807, 2.05) is 36.5 Å². The zero-order valence-electron chi connectivity index (χ0n) is 16.2. The summed E-state index contributed by atoms with van der Waals surface area (Å²) in [5, 5.41) is 3.06. The second-order valence-corrected chi connectivity index (χ2v) is 7.50. The summed E-state index contributed by atoms with van der Waals surface area (Å²) in [5.74, 6) is 1.56. The fourth-order valence-electron chi connectivity index (χ4n) is 4.19. The van der Waals surface area contributed by atoms with Gasteiger partial charge in [-0.25, -0.2) is 4.98 Å². The van der Waals surface area contributed by atoms with Crippen LogP contribution >= 0.6 is 0 Å². The highest BCUT2D eigenvalue weighted by Gasteiger charge is 2.22. The van der Waals surface area contributed by atoms with Crippen molar-refractivity contribution in [3.05, 3.63) is 88.6 Å². The third kappa shape index (κ3) is 3.44. The summed E-state index contributed by atoms with van der Waals surface area (Å²) in [6, 6.07) is 18.3. The van der Waals surface area contributed by atoms with Crippen LogP contribution in [0.3, 0.4) is 0 Å². The molecular formula is C24H23N3O2. The van der Waals surface area contributed by atoms with Crippen LogP contribution in [0.2, 0.25) is 0 Å². The van der Waals surface area contributed by atoms with E-state index in [2.05, 4.69) is 39.5 Å². The van der Waals surface area contributed by atoms with Crippen molar-refractivity contribution in [2.45, 2.75) is 25.9 Å². The molecule has 0 saturated heterocycles. The number of para-hydroxylation sites is 1. The summed E-state index contributed by atoms with van der Waals surface area (Å²) in [4.78, 5) is 19.7. The van der Waals surface area contributed by atoms with E-state index in [0.717, 1.165) is 48.6 Å². The van der Waals surface area contributed by atoms with Crippen molar-refractivity contribution in [2.75, 3.05) is 18.1 Å². The molecular weight excluding hydrogens is 362 g/mol. The van der Waals surface area contributed by atoms with Crippen LogP contribution in [-0.4, -0.2) is 24.0 Å². The molecule has 146 valence electrons. The Morgan fingerprint density at radius 3 is 2.79 bits per heavy atom. The van der Waals surface area contributed by atoms with Gasteiger partial charge in [-0.15, -0.1) is 0 Å². The number of nitrogens with one attached hydrogen (secondary N) is 1. The van der Waals surface area contributed by atoms with E-state index in [1.165, 1.54) is 11.1 Å². The average molecular weight is 385 g/mol. The molecule has 1 amide bonds. The Kier molecular flexibility index (Phi) is 4.64. The van der Waals surface area contributed by atoms with Crippen LogP contribution in [0.4, 0.5) is 5.82 Å². The number of pyridine rings is 1. The van der Waals surface area contributed by atoms with Crippen molar-refractivity contribution in [1.82, 2.24) is 10.3 Å². The van der Waals surface area contributed by atoms with E-state index in [9.17, 15) is 4.79 Å². The third-order valence-electron chi connectivity index (χ3n) is 5.70. The number of amides is 1. The van der Waals surface area contributed by atoms with Crippen LogP contribution in [0.25, 0.3) is 0 Å². The molecule has 0 atom stereocenters. The van der Waals surface area contributed by atoms with Gasteiger partial charge in [0.2, 0.25) is 0 Å². The normalized spacial score (nSPS) is 14.7. The lowest BCUT2D eigenvalue weighted by Gasteiger charge is -2.31. The van der Waals surface area contributed by atoms with Gasteiger partial charge in [-0.1, -0.05) is 42.5 Å². The van der Waals surface area contributed by atoms with Gasteiger partial charge in [0.05, 0.1) is 12.2 Å². The van der Waals surface area contributed by atoms with E-state index in [0.29, 0.717) is 18.7 Å². The molecule has 3 heterocycles. The average Bonchev–Trinajstić information content (AvgIpc) is 3.26. The number of fused-ring (bicyclic) bond motifs is 2. The van der Waals surface area contributed by atoms with Gasteiger partial charge in [0.25, 0.3) is 5.91 Å². The highest BCUT2D eigenvalue weighted by atomic mass is 16.5. The first-order valence-corrected chi connectivity index (χ1v) is 10.1. The van der Waals surface area contributed by atoms with Gasteiger partial charge in [-0.3, -0.25) is 4.79 Å². The first-order chi connectivity index (χ1) is 14.3. The van der Waals surface area contributed by atoms with E-state index in [4.69, 9.17) is 4.74 Å².